The van der Waals surface area contributed by atoms with Gasteiger partial charge in [0.15, 0.2) is 5.76 Å². The third kappa shape index (κ3) is 5.13. The van der Waals surface area contributed by atoms with Crippen LogP contribution in [0.5, 0.6) is 0 Å². The molecule has 32 heavy (non-hydrogen) atoms. The molecule has 1 aromatic carbocycles. The van der Waals surface area contributed by atoms with E-state index in [1.807, 2.05) is 0 Å². The first-order valence-electron chi connectivity index (χ1n) is 10.4. The second kappa shape index (κ2) is 9.33. The zero-order valence-corrected chi connectivity index (χ0v) is 17.4. The number of carbonyl (C=O) groups excluding carboxylic acids is 2. The molecule has 2 fully saturated rings. The first-order valence-corrected chi connectivity index (χ1v) is 10.4. The second-order valence-corrected chi connectivity index (χ2v) is 7.89. The molecule has 2 saturated heterocycles. The lowest BCUT2D eigenvalue weighted by atomic mass is 10.1. The van der Waals surface area contributed by atoms with Gasteiger partial charge in [0, 0.05) is 51.4 Å². The van der Waals surface area contributed by atoms with Crippen LogP contribution in [0.4, 0.5) is 13.2 Å². The zero-order chi connectivity index (χ0) is 22.7. The Labute approximate surface area is 183 Å². The smallest absolute Gasteiger partial charge is 0.416 e. The highest BCUT2D eigenvalue weighted by molar-refractivity contribution is 5.94. The average Bonchev–Trinajstić information content (AvgIpc) is 3.33. The molecule has 1 atom stereocenters. The van der Waals surface area contributed by atoms with Gasteiger partial charge in [0.25, 0.3) is 11.8 Å². The average molecular weight is 451 g/mol. The van der Waals surface area contributed by atoms with Gasteiger partial charge in [-0.2, -0.15) is 13.2 Å². The first-order chi connectivity index (χ1) is 15.3. The maximum atomic E-state index is 12.7. The van der Waals surface area contributed by atoms with E-state index in [1.54, 1.807) is 21.9 Å². The molecule has 172 valence electrons. The predicted molar refractivity (Wildman–Crippen MR) is 108 cm³/mol. The fourth-order valence-electron chi connectivity index (χ4n) is 3.98. The number of ether oxygens (including phenoxy) is 1. The molecule has 0 spiro atoms. The number of piperazine rings is 1. The Morgan fingerprint density at radius 2 is 1.66 bits per heavy atom. The van der Waals surface area contributed by atoms with E-state index in [2.05, 4.69) is 4.90 Å². The summed E-state index contributed by atoms with van der Waals surface area (Å²) in [5, 5.41) is 0. The number of rotatable bonds is 4. The van der Waals surface area contributed by atoms with Gasteiger partial charge in [0.05, 0.1) is 24.5 Å². The lowest BCUT2D eigenvalue weighted by Crippen LogP contribution is -2.54. The van der Waals surface area contributed by atoms with Crippen molar-refractivity contribution < 1.29 is 31.9 Å². The van der Waals surface area contributed by atoms with Crippen molar-refractivity contribution in [1.29, 1.82) is 0 Å². The number of hydrogen-bond donors (Lipinski definition) is 0. The van der Waals surface area contributed by atoms with E-state index in [0.29, 0.717) is 58.2 Å². The van der Waals surface area contributed by atoms with E-state index < -0.39 is 11.7 Å². The van der Waals surface area contributed by atoms with Crippen LogP contribution in [0.15, 0.2) is 47.1 Å². The summed E-state index contributed by atoms with van der Waals surface area (Å²) in [4.78, 5) is 30.7. The second-order valence-electron chi connectivity index (χ2n) is 7.89. The van der Waals surface area contributed by atoms with E-state index in [4.69, 9.17) is 9.15 Å². The van der Waals surface area contributed by atoms with E-state index in [1.165, 1.54) is 18.4 Å². The van der Waals surface area contributed by atoms with Crippen molar-refractivity contribution in [2.75, 3.05) is 52.4 Å². The Balaban J connectivity index is 1.26. The number of nitrogens with zero attached hydrogens (tertiary/aromatic N) is 3. The largest absolute Gasteiger partial charge is 0.459 e. The molecule has 0 radical (unpaired) electrons. The van der Waals surface area contributed by atoms with Crippen LogP contribution in [0.25, 0.3) is 0 Å². The van der Waals surface area contributed by atoms with Gasteiger partial charge in [0.1, 0.15) is 0 Å². The molecule has 0 bridgehead atoms. The lowest BCUT2D eigenvalue weighted by Gasteiger charge is -2.39. The molecule has 2 aromatic rings. The predicted octanol–water partition coefficient (Wildman–Crippen LogP) is 2.60. The first kappa shape index (κ1) is 22.3. The van der Waals surface area contributed by atoms with Crippen molar-refractivity contribution in [2.24, 2.45) is 0 Å². The van der Waals surface area contributed by atoms with E-state index >= 15 is 0 Å². The van der Waals surface area contributed by atoms with Crippen LogP contribution in [0, 0.1) is 0 Å². The number of benzene rings is 1. The molecule has 4 rings (SSSR count). The van der Waals surface area contributed by atoms with Crippen LogP contribution >= 0.6 is 0 Å². The minimum atomic E-state index is -4.42. The monoisotopic (exact) mass is 451 g/mol. The zero-order valence-electron chi connectivity index (χ0n) is 17.4. The van der Waals surface area contributed by atoms with Crippen molar-refractivity contribution in [3.8, 4) is 0 Å². The van der Waals surface area contributed by atoms with Crippen molar-refractivity contribution in [3.63, 3.8) is 0 Å². The highest BCUT2D eigenvalue weighted by atomic mass is 19.4. The molecule has 2 aliphatic heterocycles. The van der Waals surface area contributed by atoms with Crippen LogP contribution in [0.1, 0.15) is 26.5 Å². The molecule has 2 aliphatic rings. The van der Waals surface area contributed by atoms with Gasteiger partial charge in [0.2, 0.25) is 0 Å². The van der Waals surface area contributed by atoms with Gasteiger partial charge in [-0.25, -0.2) is 0 Å². The molecule has 0 unspecified atom stereocenters. The van der Waals surface area contributed by atoms with Crippen LogP contribution in [-0.4, -0.2) is 85.0 Å². The Bertz CT molecular complexity index is 923. The summed E-state index contributed by atoms with van der Waals surface area (Å²) < 4.78 is 49.2. The lowest BCUT2D eigenvalue weighted by molar-refractivity contribution is -0.137. The van der Waals surface area contributed by atoms with E-state index in [9.17, 15) is 22.8 Å². The maximum Gasteiger partial charge on any atom is 0.416 e. The number of furan rings is 1. The van der Waals surface area contributed by atoms with Crippen molar-refractivity contribution in [2.45, 2.75) is 12.3 Å². The SMILES string of the molecule is O=C(c1ccc(C(F)(F)F)cc1)N1CCN(C[C@@H]2CN(C(=O)c3ccco3)CCO2)CC1. The Morgan fingerprint density at radius 1 is 0.938 bits per heavy atom. The van der Waals surface area contributed by atoms with Crippen molar-refractivity contribution in [3.05, 3.63) is 59.5 Å². The van der Waals surface area contributed by atoms with E-state index in [0.717, 1.165) is 12.1 Å². The van der Waals surface area contributed by atoms with Crippen LogP contribution in [0.2, 0.25) is 0 Å². The van der Waals surface area contributed by atoms with Gasteiger partial charge >= 0.3 is 6.18 Å². The third-order valence-corrected chi connectivity index (χ3v) is 5.74. The summed E-state index contributed by atoms with van der Waals surface area (Å²) in [5.74, 6) is -0.126. The molecule has 1 aromatic heterocycles. The molecule has 3 heterocycles. The highest BCUT2D eigenvalue weighted by Gasteiger charge is 2.32. The van der Waals surface area contributed by atoms with Crippen molar-refractivity contribution >= 4 is 11.8 Å². The topological polar surface area (TPSA) is 66.2 Å². The Morgan fingerprint density at radius 3 is 2.28 bits per heavy atom. The molecule has 0 aliphatic carbocycles. The number of morpholine rings is 1. The minimum Gasteiger partial charge on any atom is -0.459 e. The molecule has 10 heteroatoms. The summed E-state index contributed by atoms with van der Waals surface area (Å²) in [6.07, 6.45) is -3.09. The molecule has 2 amide bonds. The van der Waals surface area contributed by atoms with Crippen LogP contribution < -0.4 is 0 Å². The number of amides is 2. The van der Waals surface area contributed by atoms with Gasteiger partial charge in [-0.15, -0.1) is 0 Å². The Hall–Kier alpha value is -2.85. The quantitative estimate of drug-likeness (QED) is 0.715. The molecule has 0 saturated carbocycles. The fraction of sp³-hybridized carbons (Fsp3) is 0.455. The highest BCUT2D eigenvalue weighted by Crippen LogP contribution is 2.29. The summed E-state index contributed by atoms with van der Waals surface area (Å²) in [5.41, 5.74) is -0.528. The number of alkyl halides is 3. The molecular weight excluding hydrogens is 427 g/mol. The van der Waals surface area contributed by atoms with E-state index in [-0.39, 0.29) is 23.5 Å². The van der Waals surface area contributed by atoms with Gasteiger partial charge in [-0.05, 0) is 36.4 Å². The number of halogens is 3. The summed E-state index contributed by atoms with van der Waals surface area (Å²) in [7, 11) is 0. The summed E-state index contributed by atoms with van der Waals surface area (Å²) >= 11 is 0. The minimum absolute atomic E-state index is 0.139. The van der Waals surface area contributed by atoms with Crippen molar-refractivity contribution in [1.82, 2.24) is 14.7 Å². The van der Waals surface area contributed by atoms with Crippen LogP contribution in [-0.2, 0) is 10.9 Å². The van der Waals surface area contributed by atoms with Gasteiger partial charge in [-0.1, -0.05) is 0 Å². The number of carbonyl (C=O) groups is 2. The Kier molecular flexibility index (Phi) is 6.52. The van der Waals surface area contributed by atoms with Crippen LogP contribution in [0.3, 0.4) is 0 Å². The number of hydrogen-bond acceptors (Lipinski definition) is 5. The third-order valence-electron chi connectivity index (χ3n) is 5.74. The maximum absolute atomic E-state index is 12.7. The van der Waals surface area contributed by atoms with Gasteiger partial charge < -0.3 is 19.0 Å². The molecular formula is C22H24F3N3O4. The normalized spacial score (nSPS) is 20.4. The molecule has 0 N–H and O–H groups in total. The fourth-order valence-corrected chi connectivity index (χ4v) is 3.98. The summed E-state index contributed by atoms with van der Waals surface area (Å²) in [6, 6.07) is 7.62. The summed E-state index contributed by atoms with van der Waals surface area (Å²) in [6.45, 7) is 4.24. The van der Waals surface area contributed by atoms with Gasteiger partial charge in [-0.3, -0.25) is 14.5 Å². The molecule has 7 nitrogen and oxygen atoms in total. The standard InChI is InChI=1S/C22H24F3N3O4/c23-22(24,25)17-5-3-16(4-6-17)20(29)27-9-7-26(8-10-27)14-18-15-28(11-13-31-18)21(30)19-2-1-12-32-19/h1-6,12,18H,7-11,13-15H2/t18-/m1/s1.